The predicted octanol–water partition coefficient (Wildman–Crippen LogP) is 3.65. The summed E-state index contributed by atoms with van der Waals surface area (Å²) in [5.74, 6) is 0.875. The molecule has 4 rings (SSSR count). The Morgan fingerprint density at radius 2 is 1.65 bits per heavy atom. The van der Waals surface area contributed by atoms with Gasteiger partial charge in [0.1, 0.15) is 0 Å². The van der Waals surface area contributed by atoms with Crippen molar-refractivity contribution < 1.29 is 27.4 Å². The molecular formula is C22H22N2O6S. The number of carbonyl (C=O) groups excluding carboxylic acids is 1. The molecule has 0 fully saturated rings. The first kappa shape index (κ1) is 20.8. The molecule has 0 bridgehead atoms. The van der Waals surface area contributed by atoms with E-state index >= 15 is 0 Å². The summed E-state index contributed by atoms with van der Waals surface area (Å²) in [6, 6.07) is 11.3. The van der Waals surface area contributed by atoms with Gasteiger partial charge in [-0.25, -0.2) is 8.42 Å². The lowest BCUT2D eigenvalue weighted by molar-refractivity contribution is 0.0994. The van der Waals surface area contributed by atoms with E-state index in [0.29, 0.717) is 45.8 Å². The van der Waals surface area contributed by atoms with E-state index in [1.165, 1.54) is 39.5 Å². The monoisotopic (exact) mass is 442 g/mol. The largest absolute Gasteiger partial charge is 0.493 e. The fourth-order valence-corrected chi connectivity index (χ4v) is 5.16. The number of rotatable bonds is 7. The molecule has 0 unspecified atom stereocenters. The van der Waals surface area contributed by atoms with Gasteiger partial charge in [0.2, 0.25) is 5.75 Å². The van der Waals surface area contributed by atoms with Gasteiger partial charge in [-0.05, 0) is 25.1 Å². The molecule has 0 atom stereocenters. The maximum absolute atomic E-state index is 13.3. The predicted molar refractivity (Wildman–Crippen MR) is 118 cm³/mol. The highest BCUT2D eigenvalue weighted by Gasteiger charge is 2.31. The zero-order valence-corrected chi connectivity index (χ0v) is 18.4. The normalized spacial score (nSPS) is 12.9. The van der Waals surface area contributed by atoms with Crippen LogP contribution in [0.25, 0.3) is 10.8 Å². The van der Waals surface area contributed by atoms with E-state index in [9.17, 15) is 13.2 Å². The Kier molecular flexibility index (Phi) is 5.14. The minimum Gasteiger partial charge on any atom is -0.493 e. The van der Waals surface area contributed by atoms with Gasteiger partial charge >= 0.3 is 0 Å². The van der Waals surface area contributed by atoms with Crippen LogP contribution in [0.15, 0.2) is 47.4 Å². The maximum Gasteiger partial charge on any atom is 0.262 e. The number of amides is 1. The number of nitrogens with zero attached hydrogens (tertiary/aromatic N) is 1. The van der Waals surface area contributed by atoms with Gasteiger partial charge in [0.05, 0.1) is 37.6 Å². The molecule has 162 valence electrons. The van der Waals surface area contributed by atoms with E-state index in [0.717, 1.165) is 0 Å². The second kappa shape index (κ2) is 7.66. The Morgan fingerprint density at radius 3 is 2.23 bits per heavy atom. The third kappa shape index (κ3) is 3.21. The van der Waals surface area contributed by atoms with Crippen LogP contribution in [0.4, 0.5) is 11.4 Å². The van der Waals surface area contributed by atoms with Crippen LogP contribution in [0.2, 0.25) is 0 Å². The standard InChI is InChI=1S/C22H22N2O6S/c1-5-24-16-9-10-19(14-7-6-8-15(20(14)16)22(24)25)31(26,27)23-13-11-17(28-2)21(30-4)18(12-13)29-3/h6-12,23H,5H2,1-4H3. The number of benzene rings is 3. The molecule has 1 heterocycles. The molecule has 0 saturated heterocycles. The lowest BCUT2D eigenvalue weighted by Gasteiger charge is -2.17. The van der Waals surface area contributed by atoms with Crippen molar-refractivity contribution in [3.63, 3.8) is 0 Å². The number of ether oxygens (including phenoxy) is 3. The number of hydrogen-bond donors (Lipinski definition) is 1. The van der Waals surface area contributed by atoms with Crippen molar-refractivity contribution in [2.75, 3.05) is 37.5 Å². The number of anilines is 2. The molecule has 3 aromatic rings. The van der Waals surface area contributed by atoms with Crippen LogP contribution in [-0.4, -0.2) is 42.2 Å². The highest BCUT2D eigenvalue weighted by Crippen LogP contribution is 2.42. The average Bonchev–Trinajstić information content (AvgIpc) is 3.05. The van der Waals surface area contributed by atoms with Crippen LogP contribution >= 0.6 is 0 Å². The molecule has 8 nitrogen and oxygen atoms in total. The molecule has 0 aromatic heterocycles. The van der Waals surface area contributed by atoms with Gasteiger partial charge in [0, 0.05) is 35.0 Å². The van der Waals surface area contributed by atoms with Crippen molar-refractivity contribution in [2.24, 2.45) is 0 Å². The summed E-state index contributed by atoms with van der Waals surface area (Å²) in [4.78, 5) is 14.4. The number of nitrogens with one attached hydrogen (secondary N) is 1. The molecule has 1 amide bonds. The second-order valence-electron chi connectivity index (χ2n) is 6.88. The van der Waals surface area contributed by atoms with Gasteiger partial charge in [-0.3, -0.25) is 9.52 Å². The molecule has 0 radical (unpaired) electrons. The van der Waals surface area contributed by atoms with E-state index < -0.39 is 10.0 Å². The first-order valence-electron chi connectivity index (χ1n) is 9.56. The third-order valence-corrected chi connectivity index (χ3v) is 6.71. The average molecular weight is 442 g/mol. The van der Waals surface area contributed by atoms with Crippen LogP contribution in [0.5, 0.6) is 17.2 Å². The summed E-state index contributed by atoms with van der Waals surface area (Å²) < 4.78 is 45.1. The Bertz CT molecular complexity index is 1280. The molecule has 0 aliphatic carbocycles. The highest BCUT2D eigenvalue weighted by molar-refractivity contribution is 7.93. The Hall–Kier alpha value is -3.46. The minimum absolute atomic E-state index is 0.0765. The number of hydrogen-bond acceptors (Lipinski definition) is 6. The lowest BCUT2D eigenvalue weighted by atomic mass is 10.1. The van der Waals surface area contributed by atoms with Gasteiger partial charge in [-0.2, -0.15) is 0 Å². The quantitative estimate of drug-likeness (QED) is 0.600. The summed E-state index contributed by atoms with van der Waals surface area (Å²) in [5, 5.41) is 1.13. The van der Waals surface area contributed by atoms with Crippen molar-refractivity contribution in [1.29, 1.82) is 0 Å². The van der Waals surface area contributed by atoms with Crippen molar-refractivity contribution in [1.82, 2.24) is 0 Å². The molecule has 0 saturated carbocycles. The summed E-state index contributed by atoms with van der Waals surface area (Å²) in [5.41, 5.74) is 1.47. The Balaban J connectivity index is 1.83. The van der Waals surface area contributed by atoms with Gasteiger partial charge < -0.3 is 19.1 Å². The smallest absolute Gasteiger partial charge is 0.262 e. The summed E-state index contributed by atoms with van der Waals surface area (Å²) >= 11 is 0. The fourth-order valence-electron chi connectivity index (χ4n) is 3.92. The fraction of sp³-hybridized carbons (Fsp3) is 0.227. The zero-order chi connectivity index (χ0) is 22.3. The molecule has 1 N–H and O–H groups in total. The second-order valence-corrected chi connectivity index (χ2v) is 8.53. The van der Waals surface area contributed by atoms with Gasteiger partial charge in [-0.15, -0.1) is 0 Å². The first-order chi connectivity index (χ1) is 14.9. The van der Waals surface area contributed by atoms with Crippen molar-refractivity contribution in [3.05, 3.63) is 48.0 Å². The van der Waals surface area contributed by atoms with E-state index in [4.69, 9.17) is 14.2 Å². The highest BCUT2D eigenvalue weighted by atomic mass is 32.2. The summed E-state index contributed by atoms with van der Waals surface area (Å²) in [6.07, 6.45) is 0. The molecule has 3 aromatic carbocycles. The van der Waals surface area contributed by atoms with E-state index in [-0.39, 0.29) is 16.5 Å². The number of carbonyl (C=O) groups is 1. The SMILES string of the molecule is CCN1C(=O)c2cccc3c(S(=O)(=O)Nc4cc(OC)c(OC)c(OC)c4)ccc1c23. The van der Waals surface area contributed by atoms with Crippen molar-refractivity contribution >= 4 is 38.1 Å². The zero-order valence-electron chi connectivity index (χ0n) is 17.6. The summed E-state index contributed by atoms with van der Waals surface area (Å²) in [6.45, 7) is 2.38. The van der Waals surface area contributed by atoms with Gasteiger partial charge in [0.25, 0.3) is 15.9 Å². The maximum atomic E-state index is 13.3. The molecular weight excluding hydrogens is 420 g/mol. The molecule has 1 aliphatic rings. The van der Waals surface area contributed by atoms with Crippen molar-refractivity contribution in [3.8, 4) is 17.2 Å². The van der Waals surface area contributed by atoms with E-state index in [1.807, 2.05) is 6.92 Å². The number of methoxy groups -OCH3 is 3. The lowest BCUT2D eigenvalue weighted by Crippen LogP contribution is -2.25. The first-order valence-corrected chi connectivity index (χ1v) is 11.0. The number of sulfonamides is 1. The Morgan fingerprint density at radius 1 is 0.968 bits per heavy atom. The van der Waals surface area contributed by atoms with Gasteiger partial charge in [0.15, 0.2) is 11.5 Å². The molecule has 0 spiro atoms. The molecule has 9 heteroatoms. The van der Waals surface area contributed by atoms with Crippen molar-refractivity contribution in [2.45, 2.75) is 11.8 Å². The molecule has 31 heavy (non-hydrogen) atoms. The van der Waals surface area contributed by atoms with Crippen LogP contribution in [0.1, 0.15) is 17.3 Å². The van der Waals surface area contributed by atoms with Crippen LogP contribution in [0, 0.1) is 0 Å². The van der Waals surface area contributed by atoms with E-state index in [2.05, 4.69) is 4.72 Å². The third-order valence-electron chi connectivity index (χ3n) is 5.27. The van der Waals surface area contributed by atoms with Crippen LogP contribution < -0.4 is 23.8 Å². The van der Waals surface area contributed by atoms with Crippen LogP contribution in [0.3, 0.4) is 0 Å². The molecule has 1 aliphatic heterocycles. The van der Waals surface area contributed by atoms with E-state index in [1.54, 1.807) is 29.2 Å². The van der Waals surface area contributed by atoms with Gasteiger partial charge in [-0.1, -0.05) is 12.1 Å². The topological polar surface area (TPSA) is 94.2 Å². The Labute approximate surface area is 180 Å². The van der Waals surface area contributed by atoms with Crippen LogP contribution in [-0.2, 0) is 10.0 Å². The summed E-state index contributed by atoms with van der Waals surface area (Å²) in [7, 11) is 0.389. The minimum atomic E-state index is -3.99.